The number of anilines is 1. The van der Waals surface area contributed by atoms with Gasteiger partial charge >= 0.3 is 0 Å². The lowest BCUT2D eigenvalue weighted by Gasteiger charge is -2.04. The Balaban J connectivity index is 2.66. The van der Waals surface area contributed by atoms with Crippen molar-refractivity contribution in [1.29, 1.82) is 0 Å². The fourth-order valence-electron chi connectivity index (χ4n) is 1.37. The lowest BCUT2D eigenvalue weighted by atomic mass is 10.1. The summed E-state index contributed by atoms with van der Waals surface area (Å²) in [6.07, 6.45) is 1.59. The first kappa shape index (κ1) is 13.7. The van der Waals surface area contributed by atoms with Gasteiger partial charge in [0, 0.05) is 29.4 Å². The molecule has 1 atom stereocenters. The zero-order valence-electron chi connectivity index (χ0n) is 10.2. The first-order chi connectivity index (χ1) is 7.93. The predicted octanol–water partition coefficient (Wildman–Crippen LogP) is 0.224. The number of nitrogens with zero attached hydrogens (tertiary/aromatic N) is 1. The van der Waals surface area contributed by atoms with Gasteiger partial charge in [0.15, 0.2) is 5.69 Å². The number of nitrogens with one attached hydrogen (secondary N) is 2. The maximum Gasteiger partial charge on any atom is 0.273 e. The number of hydrogen-bond donors (Lipinski definition) is 3. The number of carbonyl (C=O) groups excluding carboxylic acids is 1. The molecule has 4 N–H and O–H groups in total. The number of rotatable bonds is 5. The summed E-state index contributed by atoms with van der Waals surface area (Å²) in [6.45, 7) is 4.28. The van der Waals surface area contributed by atoms with Crippen molar-refractivity contribution in [2.45, 2.75) is 19.8 Å². The largest absolute Gasteiger partial charge is 0.395 e. The SMILES string of the molecule is CC(C)c1[nH]nc(C(=O)NCCS(C)=O)c1N. The first-order valence-corrected chi connectivity index (χ1v) is 7.08. The fourth-order valence-corrected chi connectivity index (χ4v) is 1.76. The molecule has 0 aliphatic rings. The molecule has 1 heterocycles. The van der Waals surface area contributed by atoms with Gasteiger partial charge in [-0.05, 0) is 5.92 Å². The Morgan fingerprint density at radius 1 is 1.59 bits per heavy atom. The number of nitrogen functional groups attached to an aromatic ring is 1. The molecular formula is C10H18N4O2S. The minimum atomic E-state index is -0.920. The Bertz CT molecular complexity index is 428. The van der Waals surface area contributed by atoms with E-state index in [4.69, 9.17) is 5.73 Å². The van der Waals surface area contributed by atoms with E-state index in [2.05, 4.69) is 15.5 Å². The van der Waals surface area contributed by atoms with E-state index in [0.29, 0.717) is 18.0 Å². The zero-order valence-corrected chi connectivity index (χ0v) is 11.1. The van der Waals surface area contributed by atoms with Crippen LogP contribution in [0.25, 0.3) is 0 Å². The van der Waals surface area contributed by atoms with Crippen molar-refractivity contribution >= 4 is 22.4 Å². The molecule has 0 bridgehead atoms. The number of aromatic amines is 1. The maximum atomic E-state index is 11.7. The highest BCUT2D eigenvalue weighted by Crippen LogP contribution is 2.21. The molecular weight excluding hydrogens is 240 g/mol. The van der Waals surface area contributed by atoms with Gasteiger partial charge < -0.3 is 11.1 Å². The molecule has 7 heteroatoms. The van der Waals surface area contributed by atoms with Crippen LogP contribution >= 0.6 is 0 Å². The van der Waals surface area contributed by atoms with Crippen molar-refractivity contribution in [2.24, 2.45) is 0 Å². The molecule has 1 unspecified atom stereocenters. The molecule has 1 aromatic heterocycles. The topological polar surface area (TPSA) is 101 Å². The summed E-state index contributed by atoms with van der Waals surface area (Å²) in [4.78, 5) is 11.7. The smallest absolute Gasteiger partial charge is 0.273 e. The molecule has 0 saturated heterocycles. The monoisotopic (exact) mass is 258 g/mol. The summed E-state index contributed by atoms with van der Waals surface area (Å²) in [5.41, 5.74) is 7.17. The molecule has 96 valence electrons. The summed E-state index contributed by atoms with van der Waals surface area (Å²) < 4.78 is 10.8. The van der Waals surface area contributed by atoms with Crippen molar-refractivity contribution in [3.63, 3.8) is 0 Å². The van der Waals surface area contributed by atoms with Crippen LogP contribution in [0.5, 0.6) is 0 Å². The third-order valence-electron chi connectivity index (χ3n) is 2.30. The molecule has 17 heavy (non-hydrogen) atoms. The Hall–Kier alpha value is -1.37. The van der Waals surface area contributed by atoms with E-state index >= 15 is 0 Å². The minimum absolute atomic E-state index is 0.187. The number of nitrogens with two attached hydrogens (primary N) is 1. The van der Waals surface area contributed by atoms with Crippen LogP contribution in [0.1, 0.15) is 35.9 Å². The highest BCUT2D eigenvalue weighted by Gasteiger charge is 2.18. The van der Waals surface area contributed by atoms with Gasteiger partial charge in [-0.1, -0.05) is 13.8 Å². The van der Waals surface area contributed by atoms with Crippen molar-refractivity contribution in [3.05, 3.63) is 11.4 Å². The molecule has 0 aliphatic heterocycles. The Kier molecular flexibility index (Phi) is 4.68. The molecule has 0 fully saturated rings. The van der Waals surface area contributed by atoms with Gasteiger partial charge in [-0.2, -0.15) is 5.10 Å². The second-order valence-electron chi connectivity index (χ2n) is 4.09. The van der Waals surface area contributed by atoms with Crippen LogP contribution in [0.3, 0.4) is 0 Å². The van der Waals surface area contributed by atoms with Gasteiger partial charge in [0.1, 0.15) is 0 Å². The van der Waals surface area contributed by atoms with Gasteiger partial charge in [0.05, 0.1) is 11.4 Å². The van der Waals surface area contributed by atoms with Gasteiger partial charge in [-0.25, -0.2) is 0 Å². The van der Waals surface area contributed by atoms with Crippen molar-refractivity contribution in [3.8, 4) is 0 Å². The lowest BCUT2D eigenvalue weighted by Crippen LogP contribution is -2.28. The van der Waals surface area contributed by atoms with E-state index < -0.39 is 10.8 Å². The number of aromatic nitrogens is 2. The normalized spacial score (nSPS) is 12.7. The second kappa shape index (κ2) is 5.81. The van der Waals surface area contributed by atoms with E-state index in [1.54, 1.807) is 6.26 Å². The third-order valence-corrected chi connectivity index (χ3v) is 3.08. The Morgan fingerprint density at radius 2 is 2.24 bits per heavy atom. The summed E-state index contributed by atoms with van der Waals surface area (Å²) in [7, 11) is -0.920. The van der Waals surface area contributed by atoms with E-state index in [1.807, 2.05) is 13.8 Å². The number of hydrogen-bond acceptors (Lipinski definition) is 4. The van der Waals surface area contributed by atoms with E-state index in [-0.39, 0.29) is 17.5 Å². The van der Waals surface area contributed by atoms with Crippen LogP contribution in [-0.4, -0.2) is 38.9 Å². The molecule has 0 saturated carbocycles. The highest BCUT2D eigenvalue weighted by molar-refractivity contribution is 7.84. The van der Waals surface area contributed by atoms with Crippen molar-refractivity contribution in [2.75, 3.05) is 24.3 Å². The predicted molar refractivity (Wildman–Crippen MR) is 68.4 cm³/mol. The van der Waals surface area contributed by atoms with Crippen LogP contribution < -0.4 is 11.1 Å². The fraction of sp³-hybridized carbons (Fsp3) is 0.600. The summed E-state index contributed by atoms with van der Waals surface area (Å²) >= 11 is 0. The molecule has 1 aromatic rings. The Morgan fingerprint density at radius 3 is 2.71 bits per heavy atom. The summed E-state index contributed by atoms with van der Waals surface area (Å²) in [5, 5.41) is 9.28. The maximum absolute atomic E-state index is 11.7. The van der Waals surface area contributed by atoms with Crippen molar-refractivity contribution in [1.82, 2.24) is 15.5 Å². The third kappa shape index (κ3) is 3.55. The highest BCUT2D eigenvalue weighted by atomic mass is 32.2. The van der Waals surface area contributed by atoms with Crippen LogP contribution in [0.15, 0.2) is 0 Å². The number of amides is 1. The van der Waals surface area contributed by atoms with Crippen LogP contribution in [0.4, 0.5) is 5.69 Å². The molecule has 0 aromatic carbocycles. The molecule has 0 spiro atoms. The summed E-state index contributed by atoms with van der Waals surface area (Å²) in [6, 6.07) is 0. The van der Waals surface area contributed by atoms with Gasteiger partial charge in [0.2, 0.25) is 0 Å². The average molecular weight is 258 g/mol. The number of H-pyrrole nitrogens is 1. The van der Waals surface area contributed by atoms with E-state index in [0.717, 1.165) is 5.69 Å². The van der Waals surface area contributed by atoms with Crippen LogP contribution in [0.2, 0.25) is 0 Å². The van der Waals surface area contributed by atoms with Gasteiger partial charge in [-0.15, -0.1) is 0 Å². The van der Waals surface area contributed by atoms with E-state index in [9.17, 15) is 9.00 Å². The molecule has 0 aliphatic carbocycles. The zero-order chi connectivity index (χ0) is 13.0. The minimum Gasteiger partial charge on any atom is -0.395 e. The van der Waals surface area contributed by atoms with E-state index in [1.165, 1.54) is 0 Å². The second-order valence-corrected chi connectivity index (χ2v) is 5.64. The lowest BCUT2D eigenvalue weighted by molar-refractivity contribution is 0.0952. The van der Waals surface area contributed by atoms with Crippen LogP contribution in [0, 0.1) is 0 Å². The molecule has 1 amide bonds. The number of carbonyl (C=O) groups is 1. The first-order valence-electron chi connectivity index (χ1n) is 5.35. The average Bonchev–Trinajstić information content (AvgIpc) is 2.59. The van der Waals surface area contributed by atoms with Crippen LogP contribution in [-0.2, 0) is 10.8 Å². The van der Waals surface area contributed by atoms with Gasteiger partial charge in [-0.3, -0.25) is 14.1 Å². The Labute approximate surface area is 103 Å². The summed E-state index contributed by atoms with van der Waals surface area (Å²) in [5.74, 6) is 0.274. The standard InChI is InChI=1S/C10H18N4O2S/c1-6(2)8-7(11)9(14-13-8)10(15)12-4-5-17(3)16/h6H,4-5,11H2,1-3H3,(H,12,15)(H,13,14). The molecule has 6 nitrogen and oxygen atoms in total. The van der Waals surface area contributed by atoms with Gasteiger partial charge in [0.25, 0.3) is 5.91 Å². The van der Waals surface area contributed by atoms with Crippen molar-refractivity contribution < 1.29 is 9.00 Å². The molecule has 0 radical (unpaired) electrons. The molecule has 1 rings (SSSR count). The quantitative estimate of drug-likeness (QED) is 0.703.